The van der Waals surface area contributed by atoms with E-state index in [1.807, 2.05) is 18.2 Å². The smallest absolute Gasteiger partial charge is 0.227 e. The van der Waals surface area contributed by atoms with Crippen LogP contribution in [0, 0.1) is 6.92 Å². The van der Waals surface area contributed by atoms with Gasteiger partial charge in [-0.15, -0.1) is 0 Å². The molecule has 110 valence electrons. The molecule has 0 unspecified atom stereocenters. The Bertz CT molecular complexity index is 672. The van der Waals surface area contributed by atoms with Crippen LogP contribution in [0.25, 0.3) is 11.1 Å². The minimum Gasteiger partial charge on any atom is -0.441 e. The fourth-order valence-electron chi connectivity index (χ4n) is 2.56. The largest absolute Gasteiger partial charge is 0.441 e. The maximum absolute atomic E-state index is 12.3. The Balaban J connectivity index is 1.67. The quantitative estimate of drug-likeness (QED) is 0.789. The summed E-state index contributed by atoms with van der Waals surface area (Å²) in [5, 5.41) is 0. The zero-order chi connectivity index (χ0) is 14.8. The number of aromatic nitrogens is 1. The first-order valence-electron chi connectivity index (χ1n) is 6.99. The highest BCUT2D eigenvalue weighted by atomic mass is 16.3. The van der Waals surface area contributed by atoms with Crippen molar-refractivity contribution in [2.75, 3.05) is 26.2 Å². The second-order valence-corrected chi connectivity index (χ2v) is 5.23. The molecule has 1 aliphatic heterocycles. The summed E-state index contributed by atoms with van der Waals surface area (Å²) in [6.45, 7) is 4.21. The Labute approximate surface area is 122 Å². The number of piperazine rings is 1. The average Bonchev–Trinajstić information content (AvgIpc) is 2.86. The third-order valence-corrected chi connectivity index (χ3v) is 3.73. The van der Waals surface area contributed by atoms with Crippen molar-refractivity contribution in [3.05, 3.63) is 29.7 Å². The van der Waals surface area contributed by atoms with Crippen molar-refractivity contribution in [1.29, 1.82) is 0 Å². The Morgan fingerprint density at radius 2 is 2.10 bits per heavy atom. The molecule has 0 N–H and O–H groups in total. The molecule has 0 bridgehead atoms. The van der Waals surface area contributed by atoms with E-state index in [4.69, 9.17) is 4.42 Å². The molecule has 0 saturated carbocycles. The molecule has 6 heteroatoms. The van der Waals surface area contributed by atoms with Gasteiger partial charge in [0, 0.05) is 33.1 Å². The van der Waals surface area contributed by atoms with Crippen LogP contribution in [0.1, 0.15) is 11.5 Å². The Morgan fingerprint density at radius 1 is 1.33 bits per heavy atom. The van der Waals surface area contributed by atoms with Gasteiger partial charge in [-0.3, -0.25) is 9.59 Å². The van der Waals surface area contributed by atoms with E-state index in [1.54, 1.807) is 16.7 Å². The third kappa shape index (κ3) is 2.89. The third-order valence-electron chi connectivity index (χ3n) is 3.73. The van der Waals surface area contributed by atoms with Crippen molar-refractivity contribution in [2.24, 2.45) is 0 Å². The summed E-state index contributed by atoms with van der Waals surface area (Å²) < 4.78 is 5.48. The summed E-state index contributed by atoms with van der Waals surface area (Å²) >= 11 is 0. The van der Waals surface area contributed by atoms with Crippen LogP contribution >= 0.6 is 0 Å². The van der Waals surface area contributed by atoms with Crippen LogP contribution in [0.15, 0.2) is 22.6 Å². The molecular formula is C15H17N3O3. The topological polar surface area (TPSA) is 66.7 Å². The maximum atomic E-state index is 12.3. The molecule has 0 atom stereocenters. The number of nitrogens with zero attached hydrogens (tertiary/aromatic N) is 3. The SMILES string of the molecule is Cc1nc2ccc(CC(=O)N3CCN(C=O)CC3)cc2o1. The normalized spacial score (nSPS) is 15.5. The lowest BCUT2D eigenvalue weighted by Gasteiger charge is -2.32. The number of benzene rings is 1. The molecule has 1 fully saturated rings. The highest BCUT2D eigenvalue weighted by molar-refractivity contribution is 5.81. The predicted octanol–water partition coefficient (Wildman–Crippen LogP) is 0.979. The van der Waals surface area contributed by atoms with Crippen molar-refractivity contribution in [3.63, 3.8) is 0 Å². The molecule has 0 spiro atoms. The fraction of sp³-hybridized carbons (Fsp3) is 0.400. The number of fused-ring (bicyclic) bond motifs is 1. The molecule has 21 heavy (non-hydrogen) atoms. The molecule has 1 aromatic heterocycles. The van der Waals surface area contributed by atoms with Crippen LogP contribution in [0.2, 0.25) is 0 Å². The molecule has 2 heterocycles. The van der Waals surface area contributed by atoms with E-state index in [9.17, 15) is 9.59 Å². The lowest BCUT2D eigenvalue weighted by atomic mass is 10.1. The van der Waals surface area contributed by atoms with Crippen LogP contribution in [-0.4, -0.2) is 53.3 Å². The number of hydrogen-bond donors (Lipinski definition) is 0. The van der Waals surface area contributed by atoms with Gasteiger partial charge in [-0.05, 0) is 17.7 Å². The molecule has 6 nitrogen and oxygen atoms in total. The fourth-order valence-corrected chi connectivity index (χ4v) is 2.56. The highest BCUT2D eigenvalue weighted by Crippen LogP contribution is 2.17. The zero-order valence-corrected chi connectivity index (χ0v) is 11.9. The summed E-state index contributed by atoms with van der Waals surface area (Å²) in [5.41, 5.74) is 2.44. The number of carbonyl (C=O) groups excluding carboxylic acids is 2. The standard InChI is InChI=1S/C15H17N3O3/c1-11-16-13-3-2-12(8-14(13)21-11)9-15(20)18-6-4-17(10-19)5-7-18/h2-3,8,10H,4-7,9H2,1H3. The van der Waals surface area contributed by atoms with Gasteiger partial charge in [-0.2, -0.15) is 0 Å². The summed E-state index contributed by atoms with van der Waals surface area (Å²) in [4.78, 5) is 30.7. The first-order valence-corrected chi connectivity index (χ1v) is 6.99. The van der Waals surface area contributed by atoms with Crippen molar-refractivity contribution in [2.45, 2.75) is 13.3 Å². The van der Waals surface area contributed by atoms with E-state index in [1.165, 1.54) is 0 Å². The van der Waals surface area contributed by atoms with Crippen LogP contribution in [-0.2, 0) is 16.0 Å². The molecule has 2 amide bonds. The van der Waals surface area contributed by atoms with Gasteiger partial charge < -0.3 is 14.2 Å². The lowest BCUT2D eigenvalue weighted by Crippen LogP contribution is -2.48. The predicted molar refractivity (Wildman–Crippen MR) is 76.7 cm³/mol. The van der Waals surface area contributed by atoms with Crippen LogP contribution in [0.3, 0.4) is 0 Å². The monoisotopic (exact) mass is 287 g/mol. The Hall–Kier alpha value is -2.37. The molecule has 0 radical (unpaired) electrons. The van der Waals surface area contributed by atoms with E-state index in [0.717, 1.165) is 17.5 Å². The Kier molecular flexibility index (Phi) is 3.60. The van der Waals surface area contributed by atoms with E-state index >= 15 is 0 Å². The van der Waals surface area contributed by atoms with Gasteiger partial charge in [0.1, 0.15) is 5.52 Å². The number of aryl methyl sites for hydroxylation is 1. The molecule has 3 rings (SSSR count). The summed E-state index contributed by atoms with van der Waals surface area (Å²) in [5.74, 6) is 0.703. The van der Waals surface area contributed by atoms with Gasteiger partial charge >= 0.3 is 0 Å². The van der Waals surface area contributed by atoms with Crippen molar-refractivity contribution >= 4 is 23.4 Å². The van der Waals surface area contributed by atoms with E-state index in [-0.39, 0.29) is 5.91 Å². The number of oxazole rings is 1. The zero-order valence-electron chi connectivity index (χ0n) is 11.9. The molecule has 0 aliphatic carbocycles. The van der Waals surface area contributed by atoms with E-state index in [2.05, 4.69) is 4.98 Å². The van der Waals surface area contributed by atoms with E-state index in [0.29, 0.717) is 44.1 Å². The van der Waals surface area contributed by atoms with Crippen LogP contribution in [0.4, 0.5) is 0 Å². The van der Waals surface area contributed by atoms with Gasteiger partial charge in [0.05, 0.1) is 6.42 Å². The highest BCUT2D eigenvalue weighted by Gasteiger charge is 2.20. The van der Waals surface area contributed by atoms with Crippen LogP contribution < -0.4 is 0 Å². The minimum atomic E-state index is 0.0798. The van der Waals surface area contributed by atoms with Gasteiger partial charge in [0.15, 0.2) is 11.5 Å². The molecule has 1 aliphatic rings. The summed E-state index contributed by atoms with van der Waals surface area (Å²) in [7, 11) is 0. The van der Waals surface area contributed by atoms with Gasteiger partial charge in [-0.1, -0.05) is 6.07 Å². The first-order chi connectivity index (χ1) is 10.2. The molecule has 1 saturated heterocycles. The summed E-state index contributed by atoms with van der Waals surface area (Å²) in [6, 6.07) is 5.65. The van der Waals surface area contributed by atoms with Crippen LogP contribution in [0.5, 0.6) is 0 Å². The average molecular weight is 287 g/mol. The minimum absolute atomic E-state index is 0.0798. The van der Waals surface area contributed by atoms with Gasteiger partial charge in [0.25, 0.3) is 0 Å². The molecule has 2 aromatic rings. The number of carbonyl (C=O) groups is 2. The maximum Gasteiger partial charge on any atom is 0.227 e. The van der Waals surface area contributed by atoms with E-state index < -0.39 is 0 Å². The lowest BCUT2D eigenvalue weighted by molar-refractivity contribution is -0.134. The molecular weight excluding hydrogens is 270 g/mol. The second-order valence-electron chi connectivity index (χ2n) is 5.23. The van der Waals surface area contributed by atoms with Gasteiger partial charge in [0.2, 0.25) is 12.3 Å². The number of amides is 2. The second kappa shape index (κ2) is 5.55. The summed E-state index contributed by atoms with van der Waals surface area (Å²) in [6.07, 6.45) is 1.18. The first kappa shape index (κ1) is 13.6. The molecule has 1 aromatic carbocycles. The number of rotatable bonds is 3. The van der Waals surface area contributed by atoms with Crippen molar-refractivity contribution in [1.82, 2.24) is 14.8 Å². The number of hydrogen-bond acceptors (Lipinski definition) is 4. The Morgan fingerprint density at radius 3 is 2.81 bits per heavy atom. The van der Waals surface area contributed by atoms with Gasteiger partial charge in [-0.25, -0.2) is 4.98 Å². The van der Waals surface area contributed by atoms with Crippen molar-refractivity contribution < 1.29 is 14.0 Å². The van der Waals surface area contributed by atoms with Crippen molar-refractivity contribution in [3.8, 4) is 0 Å².